The van der Waals surface area contributed by atoms with Gasteiger partial charge < -0.3 is 15.2 Å². The van der Waals surface area contributed by atoms with Crippen molar-refractivity contribution in [3.63, 3.8) is 0 Å². The van der Waals surface area contributed by atoms with Crippen molar-refractivity contribution in [3.05, 3.63) is 24.0 Å². The second-order valence-corrected chi connectivity index (χ2v) is 3.58. The second kappa shape index (κ2) is 5.47. The van der Waals surface area contributed by atoms with Gasteiger partial charge >= 0.3 is 6.01 Å². The van der Waals surface area contributed by atoms with Crippen molar-refractivity contribution in [2.45, 2.75) is 6.92 Å². The molecule has 0 saturated heterocycles. The average Bonchev–Trinajstić information content (AvgIpc) is 2.38. The highest BCUT2D eigenvalue weighted by Crippen LogP contribution is 2.29. The van der Waals surface area contributed by atoms with Crippen LogP contribution < -0.4 is 15.2 Å². The Morgan fingerprint density at radius 3 is 2.74 bits per heavy atom. The van der Waals surface area contributed by atoms with Gasteiger partial charge in [-0.2, -0.15) is 15.0 Å². The van der Waals surface area contributed by atoms with Crippen LogP contribution in [0.5, 0.6) is 11.8 Å². The van der Waals surface area contributed by atoms with E-state index in [4.69, 9.17) is 15.2 Å². The Labute approximate surface area is 109 Å². The Bertz CT molecular complexity index is 592. The predicted molar refractivity (Wildman–Crippen MR) is 67.4 cm³/mol. The van der Waals surface area contributed by atoms with Gasteiger partial charge in [-0.05, 0) is 25.1 Å². The van der Waals surface area contributed by atoms with E-state index >= 15 is 0 Å². The maximum atomic E-state index is 13.3. The van der Waals surface area contributed by atoms with E-state index in [-0.39, 0.29) is 17.8 Å². The molecule has 0 radical (unpaired) electrons. The Kier molecular flexibility index (Phi) is 3.74. The van der Waals surface area contributed by atoms with Crippen LogP contribution in [0, 0.1) is 5.82 Å². The topological polar surface area (TPSA) is 83.2 Å². The monoisotopic (exact) mass is 264 g/mol. The molecule has 0 aliphatic heterocycles. The molecule has 2 aromatic rings. The Hall–Kier alpha value is -2.44. The summed E-state index contributed by atoms with van der Waals surface area (Å²) in [7, 11) is 1.48. The van der Waals surface area contributed by atoms with E-state index in [2.05, 4.69) is 15.0 Å². The van der Waals surface area contributed by atoms with Crippen LogP contribution in [-0.4, -0.2) is 28.7 Å². The number of ether oxygens (including phenoxy) is 2. The first-order valence-corrected chi connectivity index (χ1v) is 5.62. The van der Waals surface area contributed by atoms with Gasteiger partial charge in [0.05, 0.1) is 19.3 Å². The van der Waals surface area contributed by atoms with Crippen molar-refractivity contribution in [1.29, 1.82) is 0 Å². The summed E-state index contributed by atoms with van der Waals surface area (Å²) in [5.41, 5.74) is 5.97. The summed E-state index contributed by atoms with van der Waals surface area (Å²) in [6, 6.07) is 4.14. The van der Waals surface area contributed by atoms with Crippen LogP contribution in [0.15, 0.2) is 18.2 Å². The fourth-order valence-corrected chi connectivity index (χ4v) is 1.54. The largest absolute Gasteiger partial charge is 0.496 e. The number of anilines is 1. The van der Waals surface area contributed by atoms with Gasteiger partial charge in [0, 0.05) is 0 Å². The molecule has 0 unspecified atom stereocenters. The number of methoxy groups -OCH3 is 1. The lowest BCUT2D eigenvalue weighted by molar-refractivity contribution is 0.312. The Morgan fingerprint density at radius 1 is 1.26 bits per heavy atom. The summed E-state index contributed by atoms with van der Waals surface area (Å²) < 4.78 is 23.7. The molecule has 19 heavy (non-hydrogen) atoms. The molecule has 0 bridgehead atoms. The van der Waals surface area contributed by atoms with E-state index in [0.717, 1.165) is 0 Å². The zero-order chi connectivity index (χ0) is 13.8. The number of aromatic nitrogens is 3. The molecule has 100 valence electrons. The average molecular weight is 264 g/mol. The quantitative estimate of drug-likeness (QED) is 0.904. The molecule has 2 rings (SSSR count). The number of hydrogen-bond acceptors (Lipinski definition) is 6. The molecule has 0 fully saturated rings. The summed E-state index contributed by atoms with van der Waals surface area (Å²) >= 11 is 0. The minimum Gasteiger partial charge on any atom is -0.496 e. The van der Waals surface area contributed by atoms with Crippen molar-refractivity contribution < 1.29 is 13.9 Å². The molecule has 2 N–H and O–H groups in total. The standard InChI is InChI=1S/C12H13FN4O2/c1-3-19-12-16-10(15-11(14)17-12)8-6-7(13)4-5-9(8)18-2/h4-6H,3H2,1-2H3,(H2,14,15,16,17). The molecule has 0 spiro atoms. The molecule has 0 aliphatic rings. The van der Waals surface area contributed by atoms with Gasteiger partial charge in [-0.3, -0.25) is 0 Å². The van der Waals surface area contributed by atoms with E-state index in [9.17, 15) is 4.39 Å². The molecular weight excluding hydrogens is 251 g/mol. The number of nitrogens with zero attached hydrogens (tertiary/aromatic N) is 3. The number of benzene rings is 1. The van der Waals surface area contributed by atoms with Crippen molar-refractivity contribution in [3.8, 4) is 23.1 Å². The number of rotatable bonds is 4. The number of hydrogen-bond donors (Lipinski definition) is 1. The lowest BCUT2D eigenvalue weighted by Crippen LogP contribution is -2.05. The SMILES string of the molecule is CCOc1nc(N)nc(-c2cc(F)ccc2OC)n1. The minimum absolute atomic E-state index is 0.000218. The lowest BCUT2D eigenvalue weighted by Gasteiger charge is -2.09. The maximum Gasteiger partial charge on any atom is 0.321 e. The maximum absolute atomic E-state index is 13.3. The summed E-state index contributed by atoms with van der Waals surface area (Å²) in [5.74, 6) is 0.217. The highest BCUT2D eigenvalue weighted by molar-refractivity contribution is 5.64. The van der Waals surface area contributed by atoms with Crippen LogP contribution >= 0.6 is 0 Å². The van der Waals surface area contributed by atoms with Crippen molar-refractivity contribution in [1.82, 2.24) is 15.0 Å². The smallest absolute Gasteiger partial charge is 0.321 e. The molecule has 0 atom stereocenters. The van der Waals surface area contributed by atoms with Crippen molar-refractivity contribution in [2.24, 2.45) is 0 Å². The highest BCUT2D eigenvalue weighted by atomic mass is 19.1. The van der Waals surface area contributed by atoms with Gasteiger partial charge in [0.2, 0.25) is 5.95 Å². The molecule has 1 heterocycles. The van der Waals surface area contributed by atoms with Gasteiger partial charge in [0.1, 0.15) is 11.6 Å². The predicted octanol–water partition coefficient (Wildman–Crippen LogP) is 1.67. The summed E-state index contributed by atoms with van der Waals surface area (Å²) in [6.45, 7) is 2.19. The van der Waals surface area contributed by atoms with Crippen molar-refractivity contribution >= 4 is 5.95 Å². The summed E-state index contributed by atoms with van der Waals surface area (Å²) in [5, 5.41) is 0. The third-order valence-corrected chi connectivity index (χ3v) is 2.31. The number of halogens is 1. The van der Waals surface area contributed by atoms with Crippen LogP contribution in [0.25, 0.3) is 11.4 Å². The molecule has 0 saturated carbocycles. The summed E-state index contributed by atoms with van der Waals surface area (Å²) in [4.78, 5) is 11.9. The Morgan fingerprint density at radius 2 is 2.05 bits per heavy atom. The second-order valence-electron chi connectivity index (χ2n) is 3.58. The first-order valence-electron chi connectivity index (χ1n) is 5.62. The summed E-state index contributed by atoms with van der Waals surface area (Å²) in [6.07, 6.45) is 0. The van der Waals surface area contributed by atoms with E-state index in [1.807, 2.05) is 0 Å². The molecule has 6 nitrogen and oxygen atoms in total. The normalized spacial score (nSPS) is 10.3. The van der Waals surface area contributed by atoms with Crippen LogP contribution in [-0.2, 0) is 0 Å². The minimum atomic E-state index is -0.423. The van der Waals surface area contributed by atoms with Gasteiger partial charge in [0.15, 0.2) is 5.82 Å². The zero-order valence-corrected chi connectivity index (χ0v) is 10.6. The number of nitrogen functional groups attached to an aromatic ring is 1. The van der Waals surface area contributed by atoms with Gasteiger partial charge in [0.25, 0.3) is 0 Å². The van der Waals surface area contributed by atoms with Crippen LogP contribution in [0.1, 0.15) is 6.92 Å². The molecular formula is C12H13FN4O2. The van der Waals surface area contributed by atoms with Crippen molar-refractivity contribution in [2.75, 3.05) is 19.5 Å². The molecule has 7 heteroatoms. The van der Waals surface area contributed by atoms with Crippen LogP contribution in [0.4, 0.5) is 10.3 Å². The highest BCUT2D eigenvalue weighted by Gasteiger charge is 2.13. The van der Waals surface area contributed by atoms with Gasteiger partial charge in [-0.25, -0.2) is 4.39 Å². The van der Waals surface area contributed by atoms with E-state index < -0.39 is 5.82 Å². The van der Waals surface area contributed by atoms with Crippen LogP contribution in [0.2, 0.25) is 0 Å². The van der Waals surface area contributed by atoms with Gasteiger partial charge in [-0.1, -0.05) is 0 Å². The number of nitrogens with two attached hydrogens (primary N) is 1. The van der Waals surface area contributed by atoms with E-state index in [1.54, 1.807) is 6.92 Å². The third-order valence-electron chi connectivity index (χ3n) is 2.31. The lowest BCUT2D eigenvalue weighted by atomic mass is 10.2. The van der Waals surface area contributed by atoms with E-state index in [0.29, 0.717) is 17.9 Å². The van der Waals surface area contributed by atoms with E-state index in [1.165, 1.54) is 25.3 Å². The first kappa shape index (κ1) is 13.0. The molecule has 1 aromatic heterocycles. The van der Waals surface area contributed by atoms with Gasteiger partial charge in [-0.15, -0.1) is 0 Å². The molecule has 1 aromatic carbocycles. The van der Waals surface area contributed by atoms with Crippen LogP contribution in [0.3, 0.4) is 0 Å². The molecule has 0 aliphatic carbocycles. The first-order chi connectivity index (χ1) is 9.13. The zero-order valence-electron chi connectivity index (χ0n) is 10.6. The third kappa shape index (κ3) is 2.87. The Balaban J connectivity index is 2.54. The fraction of sp³-hybridized carbons (Fsp3) is 0.250. The molecule has 0 amide bonds. The fourth-order valence-electron chi connectivity index (χ4n) is 1.54.